The molecule has 11 heavy (non-hydrogen) atoms. The van der Waals surface area contributed by atoms with Gasteiger partial charge in [0.1, 0.15) is 12.4 Å². The van der Waals surface area contributed by atoms with Gasteiger partial charge < -0.3 is 4.74 Å². The molecule has 1 rings (SSSR count). The highest BCUT2D eigenvalue weighted by Crippen LogP contribution is 2.16. The second-order valence-corrected chi connectivity index (χ2v) is 2.81. The van der Waals surface area contributed by atoms with Gasteiger partial charge in [-0.3, -0.25) is 0 Å². The number of ether oxygens (including phenoxy) is 1. The third kappa shape index (κ3) is 3.00. The van der Waals surface area contributed by atoms with Crippen LogP contribution in [-0.4, -0.2) is 12.5 Å². The Morgan fingerprint density at radius 3 is 2.82 bits per heavy atom. The molecule has 0 N–H and O–H groups in total. The van der Waals surface area contributed by atoms with E-state index in [0.717, 1.165) is 5.75 Å². The fourth-order valence-corrected chi connectivity index (χ4v) is 0.971. The first-order valence-electron chi connectivity index (χ1n) is 3.27. The van der Waals surface area contributed by atoms with Gasteiger partial charge in [0.05, 0.1) is 5.88 Å². The quantitative estimate of drug-likeness (QED) is 0.667. The Hall–Kier alpha value is -0.400. The van der Waals surface area contributed by atoms with Crippen LogP contribution in [0.3, 0.4) is 0 Å². The van der Waals surface area contributed by atoms with Gasteiger partial charge in [0.25, 0.3) is 0 Å². The molecule has 0 bridgehead atoms. The first-order chi connectivity index (χ1) is 5.33. The van der Waals surface area contributed by atoms with Gasteiger partial charge in [-0.1, -0.05) is 17.7 Å². The number of benzene rings is 1. The molecular formula is C8H8Cl2O. The largest absolute Gasteiger partial charge is 0.492 e. The smallest absolute Gasteiger partial charge is 0.120 e. The van der Waals surface area contributed by atoms with E-state index in [0.29, 0.717) is 17.5 Å². The number of halogens is 2. The van der Waals surface area contributed by atoms with Crippen molar-refractivity contribution in [2.24, 2.45) is 0 Å². The lowest BCUT2D eigenvalue weighted by molar-refractivity contribution is 0.343. The fourth-order valence-electron chi connectivity index (χ4n) is 0.713. The lowest BCUT2D eigenvalue weighted by atomic mass is 10.3. The molecule has 0 radical (unpaired) electrons. The van der Waals surface area contributed by atoms with E-state index in [4.69, 9.17) is 27.9 Å². The summed E-state index contributed by atoms with van der Waals surface area (Å²) in [7, 11) is 0. The van der Waals surface area contributed by atoms with Gasteiger partial charge in [0, 0.05) is 5.02 Å². The molecule has 1 aromatic carbocycles. The van der Waals surface area contributed by atoms with E-state index in [2.05, 4.69) is 0 Å². The summed E-state index contributed by atoms with van der Waals surface area (Å²) in [4.78, 5) is 0. The minimum Gasteiger partial charge on any atom is -0.492 e. The van der Waals surface area contributed by atoms with Crippen LogP contribution in [0.2, 0.25) is 5.02 Å². The summed E-state index contributed by atoms with van der Waals surface area (Å²) in [5.74, 6) is 1.25. The average molecular weight is 191 g/mol. The Morgan fingerprint density at radius 1 is 1.36 bits per heavy atom. The van der Waals surface area contributed by atoms with Gasteiger partial charge in [0.2, 0.25) is 0 Å². The van der Waals surface area contributed by atoms with E-state index >= 15 is 0 Å². The van der Waals surface area contributed by atoms with Gasteiger partial charge in [0.15, 0.2) is 0 Å². The lowest BCUT2D eigenvalue weighted by Crippen LogP contribution is -1.97. The van der Waals surface area contributed by atoms with Crippen molar-refractivity contribution in [3.63, 3.8) is 0 Å². The topological polar surface area (TPSA) is 9.23 Å². The molecule has 1 nitrogen and oxygen atoms in total. The standard InChI is InChI=1S/C8H8Cl2O/c9-4-5-11-8-3-1-2-7(10)6-8/h1-3,6H,4-5H2. The zero-order valence-electron chi connectivity index (χ0n) is 5.89. The zero-order chi connectivity index (χ0) is 8.10. The number of alkyl halides is 1. The van der Waals surface area contributed by atoms with Crippen LogP contribution in [0.5, 0.6) is 5.75 Å². The van der Waals surface area contributed by atoms with E-state index in [9.17, 15) is 0 Å². The molecule has 0 aliphatic heterocycles. The third-order valence-electron chi connectivity index (χ3n) is 1.14. The van der Waals surface area contributed by atoms with E-state index < -0.39 is 0 Å². The summed E-state index contributed by atoms with van der Waals surface area (Å²) in [6, 6.07) is 7.24. The van der Waals surface area contributed by atoms with Crippen LogP contribution >= 0.6 is 23.2 Å². The van der Waals surface area contributed by atoms with Crippen LogP contribution in [0.1, 0.15) is 0 Å². The van der Waals surface area contributed by atoms with Crippen molar-refractivity contribution in [1.29, 1.82) is 0 Å². The molecule has 0 fully saturated rings. The normalized spacial score (nSPS) is 9.64. The molecule has 0 atom stereocenters. The van der Waals surface area contributed by atoms with Crippen molar-refractivity contribution < 1.29 is 4.74 Å². The second-order valence-electron chi connectivity index (χ2n) is 1.99. The van der Waals surface area contributed by atoms with E-state index in [1.807, 2.05) is 12.1 Å². The molecule has 0 aliphatic rings. The summed E-state index contributed by atoms with van der Waals surface area (Å²) in [6.07, 6.45) is 0. The number of hydrogen-bond acceptors (Lipinski definition) is 1. The van der Waals surface area contributed by atoms with E-state index in [1.54, 1.807) is 12.1 Å². The molecule has 0 amide bonds. The molecular weight excluding hydrogens is 183 g/mol. The first kappa shape index (κ1) is 8.69. The minimum atomic E-state index is 0.493. The molecule has 3 heteroatoms. The van der Waals surface area contributed by atoms with Crippen molar-refractivity contribution >= 4 is 23.2 Å². The van der Waals surface area contributed by atoms with Crippen LogP contribution in [0.25, 0.3) is 0 Å². The molecule has 0 aromatic heterocycles. The maximum atomic E-state index is 5.71. The summed E-state index contributed by atoms with van der Waals surface area (Å²) < 4.78 is 5.22. The lowest BCUT2D eigenvalue weighted by Gasteiger charge is -2.02. The van der Waals surface area contributed by atoms with Crippen molar-refractivity contribution in [3.8, 4) is 5.75 Å². The molecule has 0 heterocycles. The maximum absolute atomic E-state index is 5.71. The SMILES string of the molecule is ClCCOc1cccc(Cl)c1. The molecule has 0 saturated heterocycles. The Bertz CT molecular complexity index is 225. The predicted octanol–water partition coefficient (Wildman–Crippen LogP) is 2.96. The number of hydrogen-bond donors (Lipinski definition) is 0. The van der Waals surface area contributed by atoms with Crippen LogP contribution in [-0.2, 0) is 0 Å². The van der Waals surface area contributed by atoms with Crippen LogP contribution in [0.4, 0.5) is 0 Å². The van der Waals surface area contributed by atoms with Crippen molar-refractivity contribution in [2.45, 2.75) is 0 Å². The Balaban J connectivity index is 2.56. The van der Waals surface area contributed by atoms with Crippen molar-refractivity contribution in [2.75, 3.05) is 12.5 Å². The highest BCUT2D eigenvalue weighted by atomic mass is 35.5. The number of rotatable bonds is 3. The van der Waals surface area contributed by atoms with Crippen LogP contribution in [0, 0.1) is 0 Å². The second kappa shape index (κ2) is 4.47. The summed E-state index contributed by atoms with van der Waals surface area (Å²) in [5.41, 5.74) is 0. The average Bonchev–Trinajstić information content (AvgIpc) is 2.01. The summed E-state index contributed by atoms with van der Waals surface area (Å²) in [5, 5.41) is 0.678. The van der Waals surface area contributed by atoms with E-state index in [-0.39, 0.29) is 0 Å². The third-order valence-corrected chi connectivity index (χ3v) is 1.53. The summed E-state index contributed by atoms with van der Waals surface area (Å²) in [6.45, 7) is 0.516. The van der Waals surface area contributed by atoms with Crippen molar-refractivity contribution in [1.82, 2.24) is 0 Å². The predicted molar refractivity (Wildman–Crippen MR) is 47.7 cm³/mol. The van der Waals surface area contributed by atoms with Gasteiger partial charge in [-0.15, -0.1) is 11.6 Å². The Kier molecular flexibility index (Phi) is 3.53. The maximum Gasteiger partial charge on any atom is 0.120 e. The van der Waals surface area contributed by atoms with Gasteiger partial charge in [-0.2, -0.15) is 0 Å². The van der Waals surface area contributed by atoms with E-state index in [1.165, 1.54) is 0 Å². The Labute approximate surface area is 75.9 Å². The zero-order valence-corrected chi connectivity index (χ0v) is 7.40. The highest BCUT2D eigenvalue weighted by Gasteiger charge is 1.92. The van der Waals surface area contributed by atoms with Crippen LogP contribution < -0.4 is 4.74 Å². The van der Waals surface area contributed by atoms with Gasteiger partial charge in [-0.05, 0) is 18.2 Å². The molecule has 0 unspecified atom stereocenters. The van der Waals surface area contributed by atoms with Crippen LogP contribution in [0.15, 0.2) is 24.3 Å². The monoisotopic (exact) mass is 190 g/mol. The highest BCUT2D eigenvalue weighted by molar-refractivity contribution is 6.30. The molecule has 0 aliphatic carbocycles. The molecule has 1 aromatic rings. The minimum absolute atomic E-state index is 0.493. The Morgan fingerprint density at radius 2 is 2.18 bits per heavy atom. The molecule has 0 spiro atoms. The van der Waals surface area contributed by atoms with Crippen molar-refractivity contribution in [3.05, 3.63) is 29.3 Å². The van der Waals surface area contributed by atoms with Gasteiger partial charge >= 0.3 is 0 Å². The molecule has 60 valence electrons. The molecule has 0 saturated carbocycles. The summed E-state index contributed by atoms with van der Waals surface area (Å²) >= 11 is 11.1. The van der Waals surface area contributed by atoms with Gasteiger partial charge in [-0.25, -0.2) is 0 Å². The fraction of sp³-hybridized carbons (Fsp3) is 0.250. The first-order valence-corrected chi connectivity index (χ1v) is 4.18.